The van der Waals surface area contributed by atoms with Crippen LogP contribution in [0.25, 0.3) is 27.7 Å². The van der Waals surface area contributed by atoms with Gasteiger partial charge in [0.05, 0.1) is 12.7 Å². The molecule has 4 nitrogen and oxygen atoms in total. The minimum absolute atomic E-state index is 0.379. The van der Waals surface area contributed by atoms with E-state index in [0.29, 0.717) is 28.1 Å². The maximum absolute atomic E-state index is 13.9. The van der Waals surface area contributed by atoms with Gasteiger partial charge in [0, 0.05) is 28.4 Å². The highest BCUT2D eigenvalue weighted by Gasteiger charge is 2.19. The predicted molar refractivity (Wildman–Crippen MR) is 98.9 cm³/mol. The number of nitrogens with one attached hydrogen (secondary N) is 1. The minimum Gasteiger partial charge on any atom is -0.496 e. The van der Waals surface area contributed by atoms with Crippen molar-refractivity contribution in [3.05, 3.63) is 60.0 Å². The second kappa shape index (κ2) is 6.64. The van der Waals surface area contributed by atoms with Crippen LogP contribution < -0.4 is 4.74 Å². The summed E-state index contributed by atoms with van der Waals surface area (Å²) in [7, 11) is 1.53. The number of ether oxygens (including phenoxy) is 1. The van der Waals surface area contributed by atoms with Crippen molar-refractivity contribution < 1.29 is 9.13 Å². The Balaban J connectivity index is 1.99. The molecule has 26 heavy (non-hydrogen) atoms. The molecular weight excluding hydrogens is 329 g/mol. The Morgan fingerprint density at radius 2 is 2.19 bits per heavy atom. The number of hydrogen-bond donors (Lipinski definition) is 1. The molecule has 1 aliphatic carbocycles. The lowest BCUT2D eigenvalue weighted by Crippen LogP contribution is -1.93. The molecule has 0 atom stereocenters. The van der Waals surface area contributed by atoms with E-state index < -0.39 is 0 Å². The average Bonchev–Trinajstić information content (AvgIpc) is 3.12. The van der Waals surface area contributed by atoms with Gasteiger partial charge in [-0.15, -0.1) is 0 Å². The van der Waals surface area contributed by atoms with Crippen LogP contribution in [-0.4, -0.2) is 17.1 Å². The number of aromatic nitrogens is 2. The number of pyridine rings is 1. The fourth-order valence-electron chi connectivity index (χ4n) is 3.45. The lowest BCUT2D eigenvalue weighted by atomic mass is 9.95. The molecule has 2 aromatic heterocycles. The van der Waals surface area contributed by atoms with Crippen LogP contribution in [0.2, 0.25) is 0 Å². The molecule has 2 heterocycles. The van der Waals surface area contributed by atoms with E-state index in [1.54, 1.807) is 6.07 Å². The van der Waals surface area contributed by atoms with Gasteiger partial charge < -0.3 is 9.72 Å². The number of nitrogens with zero attached hydrogens (tertiary/aromatic N) is 2. The first-order valence-corrected chi connectivity index (χ1v) is 8.48. The second-order valence-corrected chi connectivity index (χ2v) is 6.24. The molecule has 0 bridgehead atoms. The SMILES string of the molecule is COc1ccc(F)cc1-c1c(C#N)cnc2[nH]c(C3=CC[CH]CC3)cc12. The summed E-state index contributed by atoms with van der Waals surface area (Å²) in [5.41, 5.74) is 4.48. The van der Waals surface area contributed by atoms with Crippen LogP contribution in [0.15, 0.2) is 36.5 Å². The number of aromatic amines is 1. The zero-order chi connectivity index (χ0) is 18.1. The molecule has 1 radical (unpaired) electrons. The number of H-pyrrole nitrogens is 1. The van der Waals surface area contributed by atoms with Crippen LogP contribution in [0.4, 0.5) is 4.39 Å². The van der Waals surface area contributed by atoms with Gasteiger partial charge in [-0.3, -0.25) is 0 Å². The molecule has 3 aromatic rings. The fourth-order valence-corrected chi connectivity index (χ4v) is 3.45. The van der Waals surface area contributed by atoms with Crippen LogP contribution in [-0.2, 0) is 0 Å². The van der Waals surface area contributed by atoms with E-state index in [0.717, 1.165) is 30.3 Å². The summed E-state index contributed by atoms with van der Waals surface area (Å²) in [6, 6.07) is 8.49. The maximum atomic E-state index is 13.9. The molecular formula is C21H17FN3O. The van der Waals surface area contributed by atoms with Gasteiger partial charge in [-0.2, -0.15) is 5.26 Å². The molecule has 0 saturated heterocycles. The standard InChI is InChI=1S/C21H17FN3O/c1-26-19-8-7-15(22)9-16(19)20-14(11-23)12-24-21-17(20)10-18(25-21)13-5-3-2-4-6-13/h2,5,7-10,12H,3-4,6H2,1H3,(H,24,25). The van der Waals surface area contributed by atoms with Gasteiger partial charge in [0.15, 0.2) is 0 Å². The Morgan fingerprint density at radius 1 is 1.31 bits per heavy atom. The summed E-state index contributed by atoms with van der Waals surface area (Å²) in [6.07, 6.45) is 8.93. The summed E-state index contributed by atoms with van der Waals surface area (Å²) >= 11 is 0. The Kier molecular flexibility index (Phi) is 4.18. The number of halogens is 1. The summed E-state index contributed by atoms with van der Waals surface area (Å²) in [4.78, 5) is 7.73. The van der Waals surface area contributed by atoms with Crippen LogP contribution >= 0.6 is 0 Å². The van der Waals surface area contributed by atoms with Gasteiger partial charge >= 0.3 is 0 Å². The molecule has 4 rings (SSSR count). The van der Waals surface area contributed by atoms with Crippen molar-refractivity contribution in [2.45, 2.75) is 19.3 Å². The molecule has 0 saturated carbocycles. The summed E-state index contributed by atoms with van der Waals surface area (Å²) in [6.45, 7) is 0. The summed E-state index contributed by atoms with van der Waals surface area (Å²) in [5, 5.41) is 10.4. The topological polar surface area (TPSA) is 61.7 Å². The van der Waals surface area contributed by atoms with E-state index in [-0.39, 0.29) is 5.82 Å². The first-order valence-electron chi connectivity index (χ1n) is 8.48. The molecule has 0 amide bonds. The van der Waals surface area contributed by atoms with E-state index in [9.17, 15) is 9.65 Å². The van der Waals surface area contributed by atoms with Crippen molar-refractivity contribution >= 4 is 16.6 Å². The predicted octanol–water partition coefficient (Wildman–Crippen LogP) is 5.02. The summed E-state index contributed by atoms with van der Waals surface area (Å²) in [5.74, 6) is 0.139. The molecule has 0 fully saturated rings. The Labute approximate surface area is 150 Å². The minimum atomic E-state index is -0.379. The van der Waals surface area contributed by atoms with Gasteiger partial charge in [-0.05, 0) is 55.5 Å². The van der Waals surface area contributed by atoms with E-state index in [1.807, 2.05) is 6.07 Å². The van der Waals surface area contributed by atoms with Crippen molar-refractivity contribution in [1.29, 1.82) is 5.26 Å². The number of nitriles is 1. The van der Waals surface area contributed by atoms with Crippen LogP contribution in [0.5, 0.6) is 5.75 Å². The number of allylic oxidation sites excluding steroid dienone is 2. The van der Waals surface area contributed by atoms with E-state index in [1.165, 1.54) is 31.0 Å². The number of benzene rings is 1. The first kappa shape index (κ1) is 16.3. The largest absolute Gasteiger partial charge is 0.496 e. The molecule has 0 unspecified atom stereocenters. The Morgan fingerprint density at radius 3 is 2.92 bits per heavy atom. The van der Waals surface area contributed by atoms with Crippen molar-refractivity contribution in [3.8, 4) is 22.9 Å². The van der Waals surface area contributed by atoms with Gasteiger partial charge in [0.2, 0.25) is 0 Å². The van der Waals surface area contributed by atoms with Gasteiger partial charge in [0.1, 0.15) is 23.3 Å². The Hall–Kier alpha value is -3.13. The lowest BCUT2D eigenvalue weighted by Gasteiger charge is -2.11. The first-order chi connectivity index (χ1) is 12.7. The molecule has 1 aromatic carbocycles. The van der Waals surface area contributed by atoms with Crippen molar-refractivity contribution in [1.82, 2.24) is 9.97 Å². The van der Waals surface area contributed by atoms with Crippen LogP contribution in [0.3, 0.4) is 0 Å². The second-order valence-electron chi connectivity index (χ2n) is 6.24. The van der Waals surface area contributed by atoms with Crippen molar-refractivity contribution in [2.75, 3.05) is 7.11 Å². The van der Waals surface area contributed by atoms with Gasteiger partial charge in [-0.1, -0.05) is 6.08 Å². The van der Waals surface area contributed by atoms with E-state index >= 15 is 0 Å². The normalized spacial score (nSPS) is 14.1. The molecule has 129 valence electrons. The number of rotatable bonds is 3. The third-order valence-corrected chi connectivity index (χ3v) is 4.70. The zero-order valence-electron chi connectivity index (χ0n) is 14.3. The molecule has 1 aliphatic rings. The lowest BCUT2D eigenvalue weighted by molar-refractivity contribution is 0.415. The Bertz CT molecular complexity index is 1060. The van der Waals surface area contributed by atoms with E-state index in [4.69, 9.17) is 4.74 Å². The highest BCUT2D eigenvalue weighted by atomic mass is 19.1. The quantitative estimate of drug-likeness (QED) is 0.724. The van der Waals surface area contributed by atoms with Crippen LogP contribution in [0.1, 0.15) is 30.5 Å². The highest BCUT2D eigenvalue weighted by molar-refractivity contribution is 5.99. The smallest absolute Gasteiger partial charge is 0.138 e. The molecule has 5 heteroatoms. The third kappa shape index (κ3) is 2.74. The monoisotopic (exact) mass is 346 g/mol. The highest BCUT2D eigenvalue weighted by Crippen LogP contribution is 2.39. The number of methoxy groups -OCH3 is 1. The maximum Gasteiger partial charge on any atom is 0.138 e. The number of hydrogen-bond acceptors (Lipinski definition) is 3. The van der Waals surface area contributed by atoms with Gasteiger partial charge in [0.25, 0.3) is 0 Å². The van der Waals surface area contributed by atoms with E-state index in [2.05, 4.69) is 28.5 Å². The van der Waals surface area contributed by atoms with Crippen molar-refractivity contribution in [3.63, 3.8) is 0 Å². The zero-order valence-corrected chi connectivity index (χ0v) is 14.3. The van der Waals surface area contributed by atoms with Crippen LogP contribution in [0, 0.1) is 23.6 Å². The summed E-state index contributed by atoms with van der Waals surface area (Å²) < 4.78 is 19.3. The van der Waals surface area contributed by atoms with Crippen molar-refractivity contribution in [2.24, 2.45) is 0 Å². The number of fused-ring (bicyclic) bond motifs is 1. The fraction of sp³-hybridized carbons (Fsp3) is 0.190. The molecule has 0 aliphatic heterocycles. The van der Waals surface area contributed by atoms with Gasteiger partial charge in [-0.25, -0.2) is 9.37 Å². The average molecular weight is 346 g/mol. The molecule has 1 N–H and O–H groups in total. The molecule has 0 spiro atoms. The third-order valence-electron chi connectivity index (χ3n) is 4.70.